The summed E-state index contributed by atoms with van der Waals surface area (Å²) in [5.41, 5.74) is 4.54. The summed E-state index contributed by atoms with van der Waals surface area (Å²) in [6, 6.07) is 13.9. The molecule has 7 heterocycles. The fourth-order valence-electron chi connectivity index (χ4n) is 9.22. The van der Waals surface area contributed by atoms with Crippen molar-refractivity contribution in [2.75, 3.05) is 63.2 Å². The smallest absolute Gasteiger partial charge is 0.273 e. The zero-order valence-corrected chi connectivity index (χ0v) is 35.1. The third-order valence-corrected chi connectivity index (χ3v) is 12.8. The van der Waals surface area contributed by atoms with Gasteiger partial charge in [-0.05, 0) is 72.7 Å². The van der Waals surface area contributed by atoms with Crippen molar-refractivity contribution in [2.24, 2.45) is 5.41 Å². The summed E-state index contributed by atoms with van der Waals surface area (Å²) in [4.78, 5) is 77.3. The van der Waals surface area contributed by atoms with Gasteiger partial charge in [-0.25, -0.2) is 13.8 Å². The van der Waals surface area contributed by atoms with E-state index in [1.54, 1.807) is 35.9 Å². The van der Waals surface area contributed by atoms with Crippen LogP contribution in [0.2, 0.25) is 0 Å². The fraction of sp³-hybridized carbons (Fsp3) is 0.370. The van der Waals surface area contributed by atoms with Gasteiger partial charge in [-0.15, -0.1) is 0 Å². The number of nitrogens with one attached hydrogen (secondary N) is 3. The summed E-state index contributed by atoms with van der Waals surface area (Å²) in [5.74, 6) is -3.38. The topological polar surface area (TPSA) is 169 Å². The van der Waals surface area contributed by atoms with Gasteiger partial charge < -0.3 is 29.9 Å². The van der Waals surface area contributed by atoms with E-state index >= 15 is 8.78 Å². The van der Waals surface area contributed by atoms with Crippen LogP contribution < -0.4 is 20.4 Å². The Morgan fingerprint density at radius 1 is 0.968 bits per heavy atom. The van der Waals surface area contributed by atoms with Crippen molar-refractivity contribution in [3.63, 3.8) is 0 Å². The van der Waals surface area contributed by atoms with Crippen LogP contribution >= 0.6 is 0 Å². The number of rotatable bonds is 10. The number of anilines is 2. The Morgan fingerprint density at radius 2 is 1.75 bits per heavy atom. The molecule has 0 bridgehead atoms. The molecule has 63 heavy (non-hydrogen) atoms. The second kappa shape index (κ2) is 16.8. The van der Waals surface area contributed by atoms with Gasteiger partial charge in [0.25, 0.3) is 11.8 Å². The number of fused-ring (bicyclic) bond motifs is 1. The number of H-pyrrole nitrogens is 1. The molecule has 17 heteroatoms. The molecule has 326 valence electrons. The number of aryl methyl sites for hydroxylation is 1. The molecule has 4 aliphatic heterocycles. The van der Waals surface area contributed by atoms with Crippen molar-refractivity contribution >= 4 is 57.4 Å². The highest BCUT2D eigenvalue weighted by Crippen LogP contribution is 2.44. The monoisotopic (exact) mass is 858 g/mol. The van der Waals surface area contributed by atoms with E-state index in [1.807, 2.05) is 36.5 Å². The predicted octanol–water partition coefficient (Wildman–Crippen LogP) is 4.75. The quantitative estimate of drug-likeness (QED) is 0.168. The van der Waals surface area contributed by atoms with E-state index in [0.29, 0.717) is 41.7 Å². The molecule has 0 radical (unpaired) electrons. The first-order chi connectivity index (χ1) is 30.3. The summed E-state index contributed by atoms with van der Waals surface area (Å²) in [6.45, 7) is 4.38. The Hall–Kier alpha value is -6.91. The molecule has 3 saturated heterocycles. The lowest BCUT2D eigenvalue weighted by molar-refractivity contribution is -0.134. The molecule has 2 aromatic carbocycles. The van der Waals surface area contributed by atoms with Gasteiger partial charge in [0.05, 0.1) is 17.4 Å². The van der Waals surface area contributed by atoms with Crippen LogP contribution in [-0.2, 0) is 20.9 Å². The Morgan fingerprint density at radius 3 is 2.44 bits per heavy atom. The van der Waals surface area contributed by atoms with Crippen LogP contribution in [0.5, 0.6) is 0 Å². The van der Waals surface area contributed by atoms with Crippen LogP contribution in [0.15, 0.2) is 73.2 Å². The van der Waals surface area contributed by atoms with E-state index < -0.39 is 41.1 Å². The highest BCUT2D eigenvalue weighted by Gasteiger charge is 2.45. The SMILES string of the molecule is CN(C)C(=O)c1cc2c(-c3ccc(N4CCC5(CC4)CN(c4cnc(C(=O)NC6CCC(=O)NC6=O)c(F)c4)C5)cc3)cc(C3=CCCN(C(=O)CCn4cccn4)C3)c(F)c2[nH]1. The largest absolute Gasteiger partial charge is 0.371 e. The van der Waals surface area contributed by atoms with E-state index in [4.69, 9.17) is 0 Å². The molecule has 0 aliphatic carbocycles. The van der Waals surface area contributed by atoms with Gasteiger partial charge in [0, 0.05) is 113 Å². The van der Waals surface area contributed by atoms with Gasteiger partial charge >= 0.3 is 0 Å². The number of amides is 5. The highest BCUT2D eigenvalue weighted by molar-refractivity contribution is 6.05. The van der Waals surface area contributed by atoms with E-state index in [0.717, 1.165) is 55.8 Å². The lowest BCUT2D eigenvalue weighted by Crippen LogP contribution is -2.60. The number of hydrogen-bond donors (Lipinski definition) is 3. The molecule has 4 aliphatic rings. The van der Waals surface area contributed by atoms with E-state index in [-0.39, 0.29) is 54.2 Å². The molecule has 3 fully saturated rings. The molecule has 9 rings (SSSR count). The maximum Gasteiger partial charge on any atom is 0.273 e. The third kappa shape index (κ3) is 8.26. The normalized spacial score (nSPS) is 18.6. The van der Waals surface area contributed by atoms with E-state index in [2.05, 4.69) is 47.6 Å². The van der Waals surface area contributed by atoms with E-state index in [1.165, 1.54) is 17.2 Å². The Balaban J connectivity index is 0.868. The number of hydrogen-bond acceptors (Lipinski definition) is 9. The van der Waals surface area contributed by atoms with Crippen LogP contribution in [-0.4, -0.2) is 118 Å². The lowest BCUT2D eigenvalue weighted by atomic mass is 9.71. The van der Waals surface area contributed by atoms with Crippen molar-refractivity contribution in [2.45, 2.75) is 51.1 Å². The number of halogens is 2. The van der Waals surface area contributed by atoms with Crippen molar-refractivity contribution < 1.29 is 32.8 Å². The maximum atomic E-state index is 16.6. The molecular formula is C46H48F2N10O5. The number of piperidine rings is 2. The summed E-state index contributed by atoms with van der Waals surface area (Å²) in [5, 5.41) is 9.43. The second-order valence-electron chi connectivity index (χ2n) is 17.2. The molecule has 3 aromatic heterocycles. The standard InChI is InChI=1S/C46H48F2N10O5/c1-54(2)45(63)37-23-34-32(22-33(40(48)41(34)51-37)29-5-3-16-56(25-29)39(60)12-18-58-17-4-15-50-58)28-6-8-30(9-7-28)55-19-13-46(14-20-55)26-57(27-46)31-21-35(47)42(49-24-31)44(62)52-36-10-11-38(59)53-43(36)61/h4-9,15,17,21-24,36,51H,3,10-14,16,18-20,25-27H2,1-2H3,(H,52,62)(H,53,59,61). The first kappa shape index (κ1) is 41.4. The summed E-state index contributed by atoms with van der Waals surface area (Å²) >= 11 is 0. The van der Waals surface area contributed by atoms with Crippen molar-refractivity contribution in [1.82, 2.24) is 40.2 Å². The number of imide groups is 1. The van der Waals surface area contributed by atoms with Crippen LogP contribution in [0.1, 0.15) is 65.1 Å². The van der Waals surface area contributed by atoms with Gasteiger partial charge in [0.2, 0.25) is 17.7 Å². The zero-order chi connectivity index (χ0) is 44.0. The average Bonchev–Trinajstić information content (AvgIpc) is 3.97. The van der Waals surface area contributed by atoms with Crippen LogP contribution in [0.4, 0.5) is 20.2 Å². The molecule has 1 atom stereocenters. The lowest BCUT2D eigenvalue weighted by Gasteiger charge is -2.55. The Labute approximate surface area is 362 Å². The highest BCUT2D eigenvalue weighted by atomic mass is 19.1. The molecule has 1 unspecified atom stereocenters. The van der Waals surface area contributed by atoms with Gasteiger partial charge in [-0.1, -0.05) is 18.2 Å². The van der Waals surface area contributed by atoms with Crippen molar-refractivity contribution in [3.05, 3.63) is 102 Å². The van der Waals surface area contributed by atoms with Gasteiger partial charge in [-0.3, -0.25) is 34.0 Å². The minimum absolute atomic E-state index is 0.0264. The zero-order valence-electron chi connectivity index (χ0n) is 35.1. The minimum atomic E-state index is -0.926. The van der Waals surface area contributed by atoms with Gasteiger partial charge in [0.15, 0.2) is 17.3 Å². The van der Waals surface area contributed by atoms with Crippen LogP contribution in [0.3, 0.4) is 0 Å². The average molecular weight is 859 g/mol. The van der Waals surface area contributed by atoms with Gasteiger partial charge in [-0.2, -0.15) is 5.10 Å². The third-order valence-electron chi connectivity index (χ3n) is 12.8. The summed E-state index contributed by atoms with van der Waals surface area (Å²) in [6.07, 6.45) is 9.93. The molecule has 5 aromatic rings. The number of pyridine rings is 1. The van der Waals surface area contributed by atoms with E-state index in [9.17, 15) is 24.0 Å². The maximum absolute atomic E-state index is 16.6. The van der Waals surface area contributed by atoms with Crippen LogP contribution in [0, 0.1) is 17.0 Å². The molecule has 1 spiro atoms. The molecular weight excluding hydrogens is 811 g/mol. The number of carbonyl (C=O) groups excluding carboxylic acids is 5. The number of carbonyl (C=O) groups is 5. The van der Waals surface area contributed by atoms with Gasteiger partial charge in [0.1, 0.15) is 11.7 Å². The van der Waals surface area contributed by atoms with Crippen molar-refractivity contribution in [1.29, 1.82) is 0 Å². The Bertz CT molecular complexity index is 2640. The second-order valence-corrected chi connectivity index (χ2v) is 17.2. The van der Waals surface area contributed by atoms with Crippen molar-refractivity contribution in [3.8, 4) is 11.1 Å². The minimum Gasteiger partial charge on any atom is -0.371 e. The summed E-state index contributed by atoms with van der Waals surface area (Å²) in [7, 11) is 3.30. The molecule has 15 nitrogen and oxygen atoms in total. The molecule has 5 amide bonds. The fourth-order valence-corrected chi connectivity index (χ4v) is 9.22. The molecule has 0 saturated carbocycles. The molecule has 3 N–H and O–H groups in total. The summed E-state index contributed by atoms with van der Waals surface area (Å²) < 4.78 is 33.5. The number of aromatic amines is 1. The van der Waals surface area contributed by atoms with Crippen LogP contribution in [0.25, 0.3) is 27.6 Å². The number of aromatic nitrogens is 4. The number of nitrogens with zero attached hydrogens (tertiary/aromatic N) is 7. The number of benzene rings is 2. The predicted molar refractivity (Wildman–Crippen MR) is 232 cm³/mol. The Kier molecular flexibility index (Phi) is 11.0. The first-order valence-electron chi connectivity index (χ1n) is 21.3. The first-order valence-corrected chi connectivity index (χ1v) is 21.3.